The molecule has 0 saturated heterocycles. The first-order valence-electron chi connectivity index (χ1n) is 6.57. The van der Waals surface area contributed by atoms with E-state index in [0.29, 0.717) is 16.4 Å². The van der Waals surface area contributed by atoms with Crippen molar-refractivity contribution in [3.05, 3.63) is 47.6 Å². The number of carbonyl (C=O) groups is 2. The number of aromatic nitrogens is 1. The molecule has 3 rings (SSSR count). The lowest BCUT2D eigenvalue weighted by atomic mass is 10.3. The van der Waals surface area contributed by atoms with Crippen LogP contribution < -0.4 is 10.2 Å². The first-order valence-corrected chi connectivity index (χ1v) is 7.93. The van der Waals surface area contributed by atoms with Gasteiger partial charge in [0.1, 0.15) is 11.6 Å². The third-order valence-electron chi connectivity index (χ3n) is 3.10. The van der Waals surface area contributed by atoms with Crippen LogP contribution in [0.15, 0.2) is 47.6 Å². The van der Waals surface area contributed by atoms with E-state index in [1.54, 1.807) is 42.6 Å². The molecule has 7 heteroatoms. The molecular formula is C15H12ClN3O2S. The van der Waals surface area contributed by atoms with Gasteiger partial charge in [0.05, 0.1) is 11.4 Å². The fourth-order valence-electron chi connectivity index (χ4n) is 2.09. The number of amides is 2. The number of anilines is 2. The maximum Gasteiger partial charge on any atom is 0.244 e. The lowest BCUT2D eigenvalue weighted by molar-refractivity contribution is -0.120. The van der Waals surface area contributed by atoms with Gasteiger partial charge >= 0.3 is 0 Å². The fourth-order valence-corrected chi connectivity index (χ4v) is 3.10. The summed E-state index contributed by atoms with van der Waals surface area (Å²) in [6.07, 6.45) is 1.67. The number of hydrogen-bond donors (Lipinski definition) is 1. The number of pyridine rings is 1. The highest BCUT2D eigenvalue weighted by atomic mass is 35.5. The summed E-state index contributed by atoms with van der Waals surface area (Å²) in [4.78, 5) is 29.9. The molecule has 1 aliphatic rings. The first-order chi connectivity index (χ1) is 10.6. The van der Waals surface area contributed by atoms with Crippen LogP contribution in [0.1, 0.15) is 0 Å². The van der Waals surface area contributed by atoms with Crippen LogP contribution in [-0.4, -0.2) is 29.1 Å². The smallest absolute Gasteiger partial charge is 0.244 e. The fraction of sp³-hybridized carbons (Fsp3) is 0.133. The zero-order valence-electron chi connectivity index (χ0n) is 11.5. The minimum Gasteiger partial charge on any atom is -0.325 e. The van der Waals surface area contributed by atoms with E-state index < -0.39 is 0 Å². The summed E-state index contributed by atoms with van der Waals surface area (Å²) >= 11 is 7.19. The SMILES string of the molecule is O=C(CN1C(=O)CSc2ncccc21)Nc1ccc(Cl)cc1. The van der Waals surface area contributed by atoms with Crippen molar-refractivity contribution < 1.29 is 9.59 Å². The van der Waals surface area contributed by atoms with Gasteiger partial charge in [0.15, 0.2) is 0 Å². The number of thioether (sulfide) groups is 1. The Labute approximate surface area is 136 Å². The Morgan fingerprint density at radius 2 is 2.09 bits per heavy atom. The standard InChI is InChI=1S/C15H12ClN3O2S/c16-10-3-5-11(6-4-10)18-13(20)8-19-12-2-1-7-17-15(12)22-9-14(19)21/h1-7H,8-9H2,(H,18,20). The summed E-state index contributed by atoms with van der Waals surface area (Å²) in [6, 6.07) is 10.4. The predicted molar refractivity (Wildman–Crippen MR) is 87.4 cm³/mol. The molecule has 2 amide bonds. The average Bonchev–Trinajstić information content (AvgIpc) is 2.52. The molecule has 0 atom stereocenters. The van der Waals surface area contributed by atoms with E-state index in [4.69, 9.17) is 11.6 Å². The van der Waals surface area contributed by atoms with Gasteiger partial charge in [0.25, 0.3) is 0 Å². The number of hydrogen-bond acceptors (Lipinski definition) is 4. The largest absolute Gasteiger partial charge is 0.325 e. The Morgan fingerprint density at radius 3 is 2.86 bits per heavy atom. The Bertz CT molecular complexity index is 721. The second-order valence-electron chi connectivity index (χ2n) is 4.65. The van der Waals surface area contributed by atoms with Crippen molar-refractivity contribution >= 4 is 46.6 Å². The summed E-state index contributed by atoms with van der Waals surface area (Å²) in [7, 11) is 0. The molecular weight excluding hydrogens is 322 g/mol. The molecule has 0 saturated carbocycles. The monoisotopic (exact) mass is 333 g/mol. The normalized spacial score (nSPS) is 13.7. The number of rotatable bonds is 3. The number of nitrogens with zero attached hydrogens (tertiary/aromatic N) is 2. The molecule has 22 heavy (non-hydrogen) atoms. The summed E-state index contributed by atoms with van der Waals surface area (Å²) in [5, 5.41) is 4.11. The van der Waals surface area contributed by atoms with Gasteiger partial charge in [0, 0.05) is 16.9 Å². The van der Waals surface area contributed by atoms with E-state index in [9.17, 15) is 9.59 Å². The van der Waals surface area contributed by atoms with E-state index >= 15 is 0 Å². The third-order valence-corrected chi connectivity index (χ3v) is 4.34. The topological polar surface area (TPSA) is 62.3 Å². The zero-order valence-corrected chi connectivity index (χ0v) is 13.0. The molecule has 1 aromatic carbocycles. The number of carbonyl (C=O) groups excluding carboxylic acids is 2. The molecule has 2 heterocycles. The summed E-state index contributed by atoms with van der Waals surface area (Å²) in [5.41, 5.74) is 1.31. The van der Waals surface area contributed by atoms with Crippen LogP contribution in [0.2, 0.25) is 5.02 Å². The van der Waals surface area contributed by atoms with Gasteiger partial charge in [-0.2, -0.15) is 0 Å². The van der Waals surface area contributed by atoms with Crippen LogP contribution in [0, 0.1) is 0 Å². The second kappa shape index (κ2) is 6.37. The van der Waals surface area contributed by atoms with Gasteiger partial charge < -0.3 is 5.32 Å². The summed E-state index contributed by atoms with van der Waals surface area (Å²) in [5.74, 6) is -0.0766. The zero-order chi connectivity index (χ0) is 15.5. The molecule has 2 aromatic rings. The van der Waals surface area contributed by atoms with Crippen molar-refractivity contribution in [2.75, 3.05) is 22.5 Å². The second-order valence-corrected chi connectivity index (χ2v) is 6.05. The van der Waals surface area contributed by atoms with Gasteiger partial charge in [-0.05, 0) is 36.4 Å². The number of nitrogens with one attached hydrogen (secondary N) is 1. The highest BCUT2D eigenvalue weighted by Crippen LogP contribution is 2.32. The molecule has 1 aromatic heterocycles. The van der Waals surface area contributed by atoms with Gasteiger partial charge in [-0.1, -0.05) is 23.4 Å². The molecule has 0 fully saturated rings. The summed E-state index contributed by atoms with van der Waals surface area (Å²) < 4.78 is 0. The van der Waals surface area contributed by atoms with Crippen LogP contribution in [-0.2, 0) is 9.59 Å². The van der Waals surface area contributed by atoms with Crippen LogP contribution in [0.25, 0.3) is 0 Å². The molecule has 0 aliphatic carbocycles. The van der Waals surface area contributed by atoms with Crippen molar-refractivity contribution in [2.24, 2.45) is 0 Å². The molecule has 1 N–H and O–H groups in total. The van der Waals surface area contributed by atoms with Crippen LogP contribution in [0.5, 0.6) is 0 Å². The van der Waals surface area contributed by atoms with Crippen molar-refractivity contribution in [3.8, 4) is 0 Å². The molecule has 112 valence electrons. The highest BCUT2D eigenvalue weighted by Gasteiger charge is 2.27. The van der Waals surface area contributed by atoms with Crippen LogP contribution in [0.3, 0.4) is 0 Å². The third kappa shape index (κ3) is 3.23. The van der Waals surface area contributed by atoms with Gasteiger partial charge in [-0.15, -0.1) is 0 Å². The molecule has 5 nitrogen and oxygen atoms in total. The maximum atomic E-state index is 12.2. The number of fused-ring (bicyclic) bond motifs is 1. The molecule has 1 aliphatic heterocycles. The maximum absolute atomic E-state index is 12.2. The lowest BCUT2D eigenvalue weighted by Crippen LogP contribution is -2.41. The van der Waals surface area contributed by atoms with E-state index in [2.05, 4.69) is 10.3 Å². The molecule has 0 bridgehead atoms. The Hall–Kier alpha value is -2.05. The van der Waals surface area contributed by atoms with E-state index in [1.807, 2.05) is 0 Å². The summed E-state index contributed by atoms with van der Waals surface area (Å²) in [6.45, 7) is -0.0410. The highest BCUT2D eigenvalue weighted by molar-refractivity contribution is 8.00. The Morgan fingerprint density at radius 1 is 1.32 bits per heavy atom. The number of halogens is 1. The molecule has 0 unspecified atom stereocenters. The van der Waals surface area contributed by atoms with Crippen LogP contribution in [0.4, 0.5) is 11.4 Å². The Balaban J connectivity index is 1.73. The number of benzene rings is 1. The Kier molecular flexibility index (Phi) is 4.31. The average molecular weight is 334 g/mol. The minimum absolute atomic E-state index is 0.0410. The van der Waals surface area contributed by atoms with Crippen molar-refractivity contribution in [3.63, 3.8) is 0 Å². The van der Waals surface area contributed by atoms with Gasteiger partial charge in [-0.3, -0.25) is 14.5 Å². The van der Waals surface area contributed by atoms with Gasteiger partial charge in [0.2, 0.25) is 11.8 Å². The quantitative estimate of drug-likeness (QED) is 0.938. The van der Waals surface area contributed by atoms with E-state index in [0.717, 1.165) is 5.03 Å². The van der Waals surface area contributed by atoms with Crippen LogP contribution >= 0.6 is 23.4 Å². The molecule has 0 spiro atoms. The van der Waals surface area contributed by atoms with Gasteiger partial charge in [-0.25, -0.2) is 4.98 Å². The van der Waals surface area contributed by atoms with Crippen molar-refractivity contribution in [1.82, 2.24) is 4.98 Å². The van der Waals surface area contributed by atoms with E-state index in [1.165, 1.54) is 16.7 Å². The van der Waals surface area contributed by atoms with Crippen molar-refractivity contribution in [2.45, 2.75) is 5.03 Å². The predicted octanol–water partition coefficient (Wildman–Crippen LogP) is 2.81. The lowest BCUT2D eigenvalue weighted by Gasteiger charge is -2.27. The van der Waals surface area contributed by atoms with E-state index in [-0.39, 0.29) is 24.1 Å². The minimum atomic E-state index is -0.266. The first kappa shape index (κ1) is 14.9. The molecule has 0 radical (unpaired) electrons. The van der Waals surface area contributed by atoms with Crippen molar-refractivity contribution in [1.29, 1.82) is 0 Å².